The number of fused-ring (bicyclic) bond motifs is 1. The molecule has 0 aromatic heterocycles. The number of phenolic OH excluding ortho intramolecular Hbond substituents is 1. The zero-order valence-corrected chi connectivity index (χ0v) is 59.5. The molecule has 2 aliphatic rings. The Morgan fingerprint density at radius 3 is 1.98 bits per heavy atom. The number of benzene rings is 1. The molecule has 2 aliphatic heterocycles. The normalized spacial score (nSPS) is 24.5. The number of hydrogen-bond donors (Lipinski definition) is 16. The third kappa shape index (κ3) is 24.0. The van der Waals surface area contributed by atoms with Gasteiger partial charge < -0.3 is 109 Å². The number of nitrogens with zero attached hydrogens (tertiary/aromatic N) is 2. The summed E-state index contributed by atoms with van der Waals surface area (Å²) in [5.41, 5.74) is 10.5. The highest BCUT2D eigenvalue weighted by Gasteiger charge is 2.47. The van der Waals surface area contributed by atoms with Crippen molar-refractivity contribution in [1.29, 1.82) is 0 Å². The van der Waals surface area contributed by atoms with Gasteiger partial charge in [0, 0.05) is 39.8 Å². The fourth-order valence-corrected chi connectivity index (χ4v) is 11.1. The molecule has 1 aromatic carbocycles. The molecular weight excluding hydrogens is 1310 g/mol. The number of likely N-dealkylation sites (N-methyl/N-ethyl adjacent to an activating group) is 1. The van der Waals surface area contributed by atoms with E-state index in [0.717, 1.165) is 49.8 Å². The monoisotopic (exact) mass is 1420 g/mol. The number of aliphatic hydroxyl groups is 4. The number of hydrogen-bond acceptors (Lipinski definition) is 22. The highest BCUT2D eigenvalue weighted by molar-refractivity contribution is 6.00. The molecule has 560 valence electrons. The van der Waals surface area contributed by atoms with Gasteiger partial charge in [-0.25, -0.2) is 4.79 Å². The van der Waals surface area contributed by atoms with Crippen LogP contribution in [0.15, 0.2) is 48.1 Å². The van der Waals surface area contributed by atoms with Gasteiger partial charge in [0.05, 0.1) is 31.9 Å². The van der Waals surface area contributed by atoms with Gasteiger partial charge in [-0.3, -0.25) is 57.5 Å². The van der Waals surface area contributed by atoms with Crippen LogP contribution in [0.2, 0.25) is 0 Å². The summed E-state index contributed by atoms with van der Waals surface area (Å²) in [6, 6.07) is -12.0. The summed E-state index contributed by atoms with van der Waals surface area (Å²) < 4.78 is 17.3. The van der Waals surface area contributed by atoms with Crippen LogP contribution in [0.3, 0.4) is 0 Å². The van der Waals surface area contributed by atoms with E-state index in [2.05, 4.69) is 47.9 Å². The first kappa shape index (κ1) is 85.6. The Kier molecular flexibility index (Phi) is 33.7. The quantitative estimate of drug-likeness (QED) is 0.0293. The topological polar surface area (TPSA) is 518 Å². The third-order valence-electron chi connectivity index (χ3n) is 17.6. The summed E-state index contributed by atoms with van der Waals surface area (Å²) in [7, 11) is 3.53. The molecule has 3 rings (SSSR count). The lowest BCUT2D eigenvalue weighted by atomic mass is 9.87. The summed E-state index contributed by atoms with van der Waals surface area (Å²) >= 11 is 0. The van der Waals surface area contributed by atoms with Crippen molar-refractivity contribution in [2.75, 3.05) is 47.5 Å². The molecule has 2 heterocycles. The smallest absolute Gasteiger partial charge is 0.329 e. The first-order valence-electron chi connectivity index (χ1n) is 33.1. The maximum atomic E-state index is 15.4. The summed E-state index contributed by atoms with van der Waals surface area (Å²) in [6.07, 6.45) is -2.32. The Bertz CT molecular complexity index is 3110. The van der Waals surface area contributed by atoms with Crippen molar-refractivity contribution in [3.8, 4) is 5.75 Å². The van der Waals surface area contributed by atoms with Crippen LogP contribution in [0.1, 0.15) is 120 Å². The maximum absolute atomic E-state index is 15.4. The van der Waals surface area contributed by atoms with Crippen molar-refractivity contribution in [2.45, 2.75) is 205 Å². The van der Waals surface area contributed by atoms with Crippen molar-refractivity contribution in [2.24, 2.45) is 35.1 Å². The van der Waals surface area contributed by atoms with E-state index >= 15 is 19.2 Å². The molecule has 2 fully saturated rings. The first-order valence-corrected chi connectivity index (χ1v) is 33.1. The highest BCUT2D eigenvalue weighted by atomic mass is 16.5. The molecule has 0 saturated carbocycles. The Hall–Kier alpha value is -8.67. The van der Waals surface area contributed by atoms with Crippen LogP contribution >= 0.6 is 0 Å². The number of nitrogens with one attached hydrogen (secondary N) is 9. The van der Waals surface area contributed by atoms with Gasteiger partial charge in [0.15, 0.2) is 5.60 Å². The summed E-state index contributed by atoms with van der Waals surface area (Å²) in [5.74, 6) is -18.1. The predicted molar refractivity (Wildman–Crippen MR) is 359 cm³/mol. The number of amides is 12. The molecule has 19 atom stereocenters. The standard InChI is InChI=1S/C66H105N13O21/c1-16-32(4)27-33(5)20-25-44(83)66(12,97)65(96)70-29-46(85)73-49(38(10)80)59(90)75-48(36(8)67)58(89)74-47(34(6)35(7)55(68)86)57(88)76-50-53(31(2)3)100-64(95)43-19-17-18-26-79(43)63(94)51(54(99-15)40-21-23-41(82)24-22-40)77-61(92)52(39(11)81)78(13)62(93)37(9)71-45(84)28-69-56(87)42(30-98-14)72-60(50)91/h20-25,27,31-32,34-39,42-44,47-54,80-83,97H,16-19,26,28-30,67H2,1-15H3,(H2,68,86)(H,69,87)(H,70,96)(H,71,84)(H,72,91)(H,73,85)(H,74,89)(H,75,90)(H,76,88)(H,77,92). The van der Waals surface area contributed by atoms with Crippen LogP contribution < -0.4 is 59.3 Å². The van der Waals surface area contributed by atoms with Crippen molar-refractivity contribution < 1.29 is 102 Å². The average Bonchev–Trinajstić information content (AvgIpc) is 0.796. The highest BCUT2D eigenvalue weighted by Crippen LogP contribution is 2.29. The fourth-order valence-electron chi connectivity index (χ4n) is 11.1. The van der Waals surface area contributed by atoms with Crippen LogP contribution in [-0.4, -0.2) is 250 Å². The number of piperidine rings is 1. The number of rotatable bonds is 27. The van der Waals surface area contributed by atoms with Gasteiger partial charge >= 0.3 is 5.97 Å². The minimum absolute atomic E-state index is 0.0921. The van der Waals surface area contributed by atoms with E-state index in [1.165, 1.54) is 92.0 Å². The maximum Gasteiger partial charge on any atom is 0.329 e. The first-order chi connectivity index (χ1) is 46.7. The van der Waals surface area contributed by atoms with Gasteiger partial charge in [0.1, 0.15) is 78.4 Å². The van der Waals surface area contributed by atoms with Crippen molar-refractivity contribution in [3.63, 3.8) is 0 Å². The van der Waals surface area contributed by atoms with Gasteiger partial charge in [-0.1, -0.05) is 83.9 Å². The largest absolute Gasteiger partial charge is 0.508 e. The molecule has 2 saturated heterocycles. The minimum atomic E-state index is -2.46. The molecule has 18 N–H and O–H groups in total. The summed E-state index contributed by atoms with van der Waals surface area (Å²) in [6.45, 7) is 14.6. The van der Waals surface area contributed by atoms with E-state index in [-0.39, 0.29) is 36.6 Å². The Morgan fingerprint density at radius 2 is 1.43 bits per heavy atom. The number of aromatic hydroxyl groups is 1. The lowest BCUT2D eigenvalue weighted by molar-refractivity contribution is -0.168. The SMILES string of the molecule is CCC(C)C=C(C)C=CC(O)C(C)(O)C(=O)NCC(=O)NC(C(=O)NC(C(=O)NC(C(=O)NC1C(=O)NC(COC)C(=O)NCC(=O)NC(C)C(=O)N(C)C(C(C)O)C(=O)NC(C(OC)c2ccc(O)cc2)C(=O)N2CCCCC2C(=O)OC1C(C)C)C(C)C(C)C(N)=O)C(C)N)C(C)O. The van der Waals surface area contributed by atoms with Gasteiger partial charge in [-0.05, 0) is 96.3 Å². The zero-order chi connectivity index (χ0) is 76.0. The second kappa shape index (κ2) is 39.4. The zero-order valence-electron chi connectivity index (χ0n) is 59.5. The summed E-state index contributed by atoms with van der Waals surface area (Å²) in [4.78, 5) is 187. The van der Waals surface area contributed by atoms with E-state index in [0.29, 0.717) is 6.42 Å². The Labute approximate surface area is 581 Å². The number of primary amides is 1. The van der Waals surface area contributed by atoms with E-state index in [1.54, 1.807) is 6.92 Å². The number of nitrogens with two attached hydrogens (primary N) is 2. The Morgan fingerprint density at radius 1 is 0.820 bits per heavy atom. The van der Waals surface area contributed by atoms with Crippen molar-refractivity contribution >= 4 is 76.9 Å². The van der Waals surface area contributed by atoms with E-state index in [4.69, 9.17) is 25.7 Å². The molecular formula is C66H105N13O21. The molecule has 19 unspecified atom stereocenters. The number of phenols is 1. The molecule has 100 heavy (non-hydrogen) atoms. The number of ether oxygens (including phenoxy) is 3. The van der Waals surface area contributed by atoms with Gasteiger partial charge in [0.25, 0.3) is 5.91 Å². The minimum Gasteiger partial charge on any atom is -0.508 e. The molecule has 34 heteroatoms. The lowest BCUT2D eigenvalue weighted by Gasteiger charge is -2.40. The third-order valence-corrected chi connectivity index (χ3v) is 17.6. The molecule has 0 spiro atoms. The average molecular weight is 1420 g/mol. The number of carbonyl (C=O) groups excluding carboxylic acids is 13. The molecule has 0 radical (unpaired) electrons. The lowest BCUT2D eigenvalue weighted by Crippen LogP contribution is -2.66. The van der Waals surface area contributed by atoms with E-state index in [9.17, 15) is 68.7 Å². The van der Waals surface area contributed by atoms with Gasteiger partial charge in [0.2, 0.25) is 65.0 Å². The molecule has 34 nitrogen and oxygen atoms in total. The van der Waals surface area contributed by atoms with Crippen LogP contribution in [0.25, 0.3) is 0 Å². The number of allylic oxidation sites excluding steroid dienone is 3. The van der Waals surface area contributed by atoms with Gasteiger partial charge in [-0.2, -0.15) is 0 Å². The van der Waals surface area contributed by atoms with Crippen LogP contribution in [-0.2, 0) is 76.5 Å². The number of esters is 1. The van der Waals surface area contributed by atoms with Crippen LogP contribution in [0.5, 0.6) is 5.75 Å². The number of cyclic esters (lactones) is 1. The van der Waals surface area contributed by atoms with E-state index < -0.39 is 211 Å². The van der Waals surface area contributed by atoms with Gasteiger partial charge in [-0.15, -0.1) is 0 Å². The molecule has 1 aromatic rings. The molecule has 0 bridgehead atoms. The second-order valence-electron chi connectivity index (χ2n) is 26.2. The number of carbonyl (C=O) groups is 13. The molecule has 12 amide bonds. The van der Waals surface area contributed by atoms with Crippen molar-refractivity contribution in [1.82, 2.24) is 57.7 Å². The van der Waals surface area contributed by atoms with Crippen LogP contribution in [0.4, 0.5) is 0 Å². The Balaban J connectivity index is 2.19. The van der Waals surface area contributed by atoms with Crippen LogP contribution in [0, 0.1) is 23.7 Å². The molecule has 0 aliphatic carbocycles. The summed E-state index contributed by atoms with van der Waals surface area (Å²) in [5, 5.41) is 75.2. The fraction of sp³-hybridized carbons (Fsp3) is 0.652. The number of methoxy groups -OCH3 is 2. The predicted octanol–water partition coefficient (Wildman–Crippen LogP) is -4.31. The second-order valence-corrected chi connectivity index (χ2v) is 26.2. The van der Waals surface area contributed by atoms with Crippen molar-refractivity contribution in [3.05, 3.63) is 53.6 Å². The van der Waals surface area contributed by atoms with E-state index in [1.807, 2.05) is 19.9 Å². The number of aliphatic hydroxyl groups excluding tert-OH is 3.